The van der Waals surface area contributed by atoms with Crippen LogP contribution >= 0.6 is 11.6 Å². The van der Waals surface area contributed by atoms with Gasteiger partial charge in [0.05, 0.1) is 12.7 Å². The minimum atomic E-state index is -4.97. The van der Waals surface area contributed by atoms with Crippen molar-refractivity contribution in [1.82, 2.24) is 5.06 Å². The van der Waals surface area contributed by atoms with Gasteiger partial charge in [-0.15, -0.1) is 0 Å². The molecule has 0 aliphatic carbocycles. The van der Waals surface area contributed by atoms with E-state index in [9.17, 15) is 27.5 Å². The topological polar surface area (TPSA) is 49.8 Å². The molecule has 1 unspecified atom stereocenters. The first-order valence-electron chi connectivity index (χ1n) is 8.70. The molecule has 2 aromatic rings. The van der Waals surface area contributed by atoms with Gasteiger partial charge in [-0.25, -0.2) is 13.8 Å². The molecule has 4 nitrogen and oxygen atoms in total. The second-order valence-electron chi connectivity index (χ2n) is 6.68. The second kappa shape index (κ2) is 8.49. The molecule has 2 rings (SSSR count). The predicted octanol–water partition coefficient (Wildman–Crippen LogP) is 5.25. The van der Waals surface area contributed by atoms with Gasteiger partial charge in [-0.05, 0) is 36.6 Å². The molecule has 2 aromatic carbocycles. The van der Waals surface area contributed by atoms with Crippen LogP contribution in [0.2, 0.25) is 5.02 Å². The summed E-state index contributed by atoms with van der Waals surface area (Å²) in [5, 5.41) is 10.2. The summed E-state index contributed by atoms with van der Waals surface area (Å²) in [5.74, 6) is -2.90. The van der Waals surface area contributed by atoms with E-state index in [1.807, 2.05) is 0 Å². The van der Waals surface area contributed by atoms with E-state index in [4.69, 9.17) is 16.4 Å². The Hall–Kier alpha value is -2.23. The average molecular weight is 452 g/mol. The Morgan fingerprint density at radius 3 is 2.30 bits per heavy atom. The van der Waals surface area contributed by atoms with Crippen LogP contribution in [0.1, 0.15) is 35.3 Å². The normalized spacial score (nSPS) is 13.8. The summed E-state index contributed by atoms with van der Waals surface area (Å²) < 4.78 is 69.2. The zero-order valence-corrected chi connectivity index (χ0v) is 17.3. The molecule has 0 heterocycles. The minimum Gasteiger partial charge on any atom is -0.376 e. The Labute approximate surface area is 174 Å². The Morgan fingerprint density at radius 2 is 1.83 bits per heavy atom. The van der Waals surface area contributed by atoms with Crippen LogP contribution in [0.25, 0.3) is 11.1 Å². The van der Waals surface area contributed by atoms with Gasteiger partial charge in [0.25, 0.3) is 5.91 Å². The highest BCUT2D eigenvalue weighted by Gasteiger charge is 2.51. The van der Waals surface area contributed by atoms with Gasteiger partial charge in [-0.2, -0.15) is 13.2 Å². The van der Waals surface area contributed by atoms with Crippen LogP contribution in [0, 0.1) is 11.6 Å². The van der Waals surface area contributed by atoms with Crippen molar-refractivity contribution in [3.05, 3.63) is 57.6 Å². The quantitative estimate of drug-likeness (QED) is 0.499. The van der Waals surface area contributed by atoms with Crippen LogP contribution in [0.15, 0.2) is 24.3 Å². The lowest BCUT2D eigenvalue weighted by atomic mass is 9.90. The Balaban J connectivity index is 2.68. The minimum absolute atomic E-state index is 0.0335. The van der Waals surface area contributed by atoms with Crippen molar-refractivity contribution >= 4 is 17.5 Å². The van der Waals surface area contributed by atoms with Crippen LogP contribution in [-0.4, -0.2) is 36.4 Å². The molecule has 0 radical (unpaired) electrons. The third kappa shape index (κ3) is 4.14. The van der Waals surface area contributed by atoms with Gasteiger partial charge in [-0.3, -0.25) is 9.63 Å². The molecular formula is C20H19ClF5NO3. The summed E-state index contributed by atoms with van der Waals surface area (Å²) in [4.78, 5) is 16.9. The molecule has 30 heavy (non-hydrogen) atoms. The molecule has 0 aliphatic rings. The van der Waals surface area contributed by atoms with Crippen LogP contribution < -0.4 is 0 Å². The van der Waals surface area contributed by atoms with E-state index in [2.05, 4.69) is 0 Å². The first kappa shape index (κ1) is 24.0. The SMILES string of the molecule is CCc1c(F)c(C(=O)N(C)OC)cc(F)c1-c1ccc(C(C)(O)C(F)(F)F)cc1Cl. The van der Waals surface area contributed by atoms with Gasteiger partial charge >= 0.3 is 6.18 Å². The highest BCUT2D eigenvalue weighted by Crippen LogP contribution is 2.42. The highest BCUT2D eigenvalue weighted by atomic mass is 35.5. The van der Waals surface area contributed by atoms with E-state index in [0.717, 1.165) is 23.3 Å². The number of hydroxylamine groups is 2. The maximum atomic E-state index is 15.0. The van der Waals surface area contributed by atoms with Crippen molar-refractivity contribution in [2.45, 2.75) is 32.0 Å². The van der Waals surface area contributed by atoms with E-state index in [0.29, 0.717) is 13.0 Å². The lowest BCUT2D eigenvalue weighted by molar-refractivity contribution is -0.258. The molecule has 1 atom stereocenters. The summed E-state index contributed by atoms with van der Waals surface area (Å²) in [7, 11) is 2.40. The second-order valence-corrected chi connectivity index (χ2v) is 7.08. The van der Waals surface area contributed by atoms with Crippen LogP contribution in [0.5, 0.6) is 0 Å². The summed E-state index contributed by atoms with van der Waals surface area (Å²) >= 11 is 6.09. The molecular weight excluding hydrogens is 433 g/mol. The van der Waals surface area contributed by atoms with Gasteiger partial charge in [0.2, 0.25) is 0 Å². The van der Waals surface area contributed by atoms with E-state index >= 15 is 4.39 Å². The number of hydrogen-bond donors (Lipinski definition) is 1. The van der Waals surface area contributed by atoms with Gasteiger partial charge in [0.15, 0.2) is 5.60 Å². The van der Waals surface area contributed by atoms with E-state index in [-0.39, 0.29) is 28.1 Å². The summed E-state index contributed by atoms with van der Waals surface area (Å²) in [6, 6.07) is 3.53. The fourth-order valence-corrected chi connectivity index (χ4v) is 3.17. The first-order chi connectivity index (χ1) is 13.8. The zero-order chi connectivity index (χ0) is 23.0. The van der Waals surface area contributed by atoms with Crippen LogP contribution in [0.3, 0.4) is 0 Å². The number of rotatable bonds is 5. The number of amides is 1. The molecule has 1 N–H and O–H groups in total. The zero-order valence-electron chi connectivity index (χ0n) is 16.5. The summed E-state index contributed by atoms with van der Waals surface area (Å²) in [6.07, 6.45) is -5.01. The molecule has 1 amide bonds. The van der Waals surface area contributed by atoms with Crippen molar-refractivity contribution in [1.29, 1.82) is 0 Å². The molecule has 0 saturated heterocycles. The number of halogens is 6. The Bertz CT molecular complexity index is 976. The van der Waals surface area contributed by atoms with Crippen molar-refractivity contribution in [2.75, 3.05) is 14.2 Å². The fraction of sp³-hybridized carbons (Fsp3) is 0.350. The van der Waals surface area contributed by atoms with Crippen molar-refractivity contribution in [3.8, 4) is 11.1 Å². The number of hydrogen-bond acceptors (Lipinski definition) is 3. The van der Waals surface area contributed by atoms with E-state index in [1.165, 1.54) is 21.1 Å². The van der Waals surface area contributed by atoms with E-state index in [1.54, 1.807) is 0 Å². The van der Waals surface area contributed by atoms with E-state index < -0.39 is 40.4 Å². The van der Waals surface area contributed by atoms with Gasteiger partial charge in [0.1, 0.15) is 11.6 Å². The molecule has 0 fully saturated rings. The fourth-order valence-electron chi connectivity index (χ4n) is 2.89. The predicted molar refractivity (Wildman–Crippen MR) is 101 cm³/mol. The smallest absolute Gasteiger partial charge is 0.376 e. The molecule has 10 heteroatoms. The number of benzene rings is 2. The first-order valence-corrected chi connectivity index (χ1v) is 9.08. The van der Waals surface area contributed by atoms with Crippen LogP contribution in [-0.2, 0) is 16.9 Å². The average Bonchev–Trinajstić information content (AvgIpc) is 2.67. The number of alkyl halides is 3. The lowest BCUT2D eigenvalue weighted by Gasteiger charge is -2.27. The highest BCUT2D eigenvalue weighted by molar-refractivity contribution is 6.33. The molecule has 0 aromatic heterocycles. The molecule has 0 bridgehead atoms. The summed E-state index contributed by atoms with van der Waals surface area (Å²) in [5.41, 5.74) is -4.85. The number of aliphatic hydroxyl groups is 1. The monoisotopic (exact) mass is 451 g/mol. The lowest BCUT2D eigenvalue weighted by Crippen LogP contribution is -2.39. The number of carbonyl (C=O) groups excluding carboxylic acids is 1. The van der Waals surface area contributed by atoms with Crippen LogP contribution in [0.4, 0.5) is 22.0 Å². The maximum absolute atomic E-state index is 15.0. The maximum Gasteiger partial charge on any atom is 0.421 e. The standard InChI is InChI=1S/C20H19ClF5NO3/c1-5-11-16(15(22)9-13(17(11)23)18(28)27(3)30-4)12-7-6-10(8-14(12)21)19(2,29)20(24,25)26/h6-9,29H,5H2,1-4H3. The Kier molecular flexibility index (Phi) is 6.80. The molecule has 0 saturated carbocycles. The third-order valence-corrected chi connectivity index (χ3v) is 5.12. The van der Waals surface area contributed by atoms with Crippen molar-refractivity contribution in [2.24, 2.45) is 0 Å². The molecule has 0 spiro atoms. The van der Waals surface area contributed by atoms with Gasteiger partial charge in [-0.1, -0.05) is 30.7 Å². The molecule has 0 aliphatic heterocycles. The number of carbonyl (C=O) groups is 1. The van der Waals surface area contributed by atoms with Gasteiger partial charge < -0.3 is 5.11 Å². The third-order valence-electron chi connectivity index (χ3n) is 4.81. The van der Waals surface area contributed by atoms with Crippen molar-refractivity contribution < 1.29 is 36.7 Å². The molecule has 164 valence electrons. The summed E-state index contributed by atoms with van der Waals surface area (Å²) in [6.45, 7) is 2.08. The van der Waals surface area contributed by atoms with Gasteiger partial charge in [0, 0.05) is 23.2 Å². The largest absolute Gasteiger partial charge is 0.421 e. The number of nitrogens with zero attached hydrogens (tertiary/aromatic N) is 1. The Morgan fingerprint density at radius 1 is 1.23 bits per heavy atom. The van der Waals surface area contributed by atoms with Crippen molar-refractivity contribution in [3.63, 3.8) is 0 Å².